The summed E-state index contributed by atoms with van der Waals surface area (Å²) in [6.45, 7) is 8.06. The second kappa shape index (κ2) is 9.47. The zero-order chi connectivity index (χ0) is 21.7. The van der Waals surface area contributed by atoms with Crippen molar-refractivity contribution in [3.05, 3.63) is 35.9 Å². The number of likely N-dealkylation sites (tertiary alicyclic amines) is 1. The number of cyclic esters (lactones) is 1. The lowest BCUT2D eigenvalue weighted by Crippen LogP contribution is -2.44. The van der Waals surface area contributed by atoms with E-state index in [1.54, 1.807) is 24.3 Å². The maximum atomic E-state index is 12.8. The van der Waals surface area contributed by atoms with Gasteiger partial charge in [0.1, 0.15) is 6.04 Å². The first-order valence-corrected chi connectivity index (χ1v) is 10.5. The molecular formula is C22H31N3O5. The fraction of sp³-hybridized carbons (Fsp3) is 0.591. The molecule has 1 aromatic carbocycles. The van der Waals surface area contributed by atoms with E-state index in [2.05, 4.69) is 24.1 Å². The van der Waals surface area contributed by atoms with Crippen molar-refractivity contribution in [3.8, 4) is 0 Å². The number of ether oxygens (including phenoxy) is 2. The van der Waals surface area contributed by atoms with Gasteiger partial charge in [0, 0.05) is 6.54 Å². The van der Waals surface area contributed by atoms with Gasteiger partial charge in [-0.3, -0.25) is 0 Å². The summed E-state index contributed by atoms with van der Waals surface area (Å²) in [5.41, 5.74) is 1.04. The van der Waals surface area contributed by atoms with Gasteiger partial charge in [-0.15, -0.1) is 0 Å². The van der Waals surface area contributed by atoms with Crippen molar-refractivity contribution >= 4 is 18.1 Å². The van der Waals surface area contributed by atoms with Crippen molar-refractivity contribution in [1.82, 2.24) is 15.1 Å². The summed E-state index contributed by atoms with van der Waals surface area (Å²) >= 11 is 0. The molecule has 2 heterocycles. The van der Waals surface area contributed by atoms with E-state index in [0.717, 1.165) is 31.0 Å². The molecule has 0 radical (unpaired) electrons. The van der Waals surface area contributed by atoms with Gasteiger partial charge in [0.15, 0.2) is 0 Å². The summed E-state index contributed by atoms with van der Waals surface area (Å²) in [7, 11) is 1.22. The highest BCUT2D eigenvalue weighted by Gasteiger charge is 2.50. The van der Waals surface area contributed by atoms with Crippen LogP contribution in [0.1, 0.15) is 44.7 Å². The zero-order valence-electron chi connectivity index (χ0n) is 17.9. The highest BCUT2D eigenvalue weighted by molar-refractivity contribution is 5.96. The minimum Gasteiger partial charge on any atom is -0.466 e. The molecule has 2 atom stereocenters. The molecule has 8 nitrogen and oxygen atoms in total. The van der Waals surface area contributed by atoms with E-state index in [1.165, 1.54) is 20.0 Å². The van der Waals surface area contributed by atoms with E-state index < -0.39 is 30.2 Å². The third-order valence-electron chi connectivity index (χ3n) is 5.92. The van der Waals surface area contributed by atoms with E-state index >= 15 is 0 Å². The number of nitrogens with one attached hydrogen (secondary N) is 1. The van der Waals surface area contributed by atoms with Crippen LogP contribution in [0.2, 0.25) is 0 Å². The largest absolute Gasteiger partial charge is 0.466 e. The van der Waals surface area contributed by atoms with Crippen LogP contribution in [0.25, 0.3) is 0 Å². The normalized spacial score (nSPS) is 23.7. The number of imide groups is 1. The van der Waals surface area contributed by atoms with Gasteiger partial charge >= 0.3 is 18.1 Å². The first-order valence-electron chi connectivity index (χ1n) is 10.5. The molecule has 30 heavy (non-hydrogen) atoms. The molecule has 8 heteroatoms. The van der Waals surface area contributed by atoms with Gasteiger partial charge in [0.2, 0.25) is 6.10 Å². The second-order valence-electron chi connectivity index (χ2n) is 8.64. The van der Waals surface area contributed by atoms with E-state index in [-0.39, 0.29) is 0 Å². The number of benzene rings is 1. The number of carbonyl (C=O) groups is 3. The van der Waals surface area contributed by atoms with Crippen molar-refractivity contribution in [3.63, 3.8) is 0 Å². The van der Waals surface area contributed by atoms with Gasteiger partial charge in [-0.1, -0.05) is 44.2 Å². The molecular weight excluding hydrogens is 386 g/mol. The van der Waals surface area contributed by atoms with Crippen LogP contribution in [0.15, 0.2) is 30.3 Å². The van der Waals surface area contributed by atoms with Gasteiger partial charge in [-0.25, -0.2) is 19.3 Å². The Bertz CT molecular complexity index is 757. The van der Waals surface area contributed by atoms with Gasteiger partial charge in [-0.2, -0.15) is 0 Å². The highest BCUT2D eigenvalue weighted by Crippen LogP contribution is 2.34. The predicted octanol–water partition coefficient (Wildman–Crippen LogP) is 2.94. The topological polar surface area (TPSA) is 88.2 Å². The van der Waals surface area contributed by atoms with E-state index in [1.807, 2.05) is 6.07 Å². The molecule has 2 aliphatic rings. The molecule has 3 amide bonds. The molecule has 0 aromatic heterocycles. The number of methoxy groups -OCH3 is 1. The smallest absolute Gasteiger partial charge is 0.419 e. The Kier molecular flexibility index (Phi) is 6.97. The molecule has 1 N–H and O–H groups in total. The van der Waals surface area contributed by atoms with Gasteiger partial charge in [0.25, 0.3) is 0 Å². The Morgan fingerprint density at radius 1 is 1.20 bits per heavy atom. The predicted molar refractivity (Wildman–Crippen MR) is 111 cm³/mol. The van der Waals surface area contributed by atoms with Gasteiger partial charge < -0.3 is 19.7 Å². The van der Waals surface area contributed by atoms with Gasteiger partial charge in [0.05, 0.1) is 7.11 Å². The molecule has 2 saturated heterocycles. The van der Waals surface area contributed by atoms with E-state index in [9.17, 15) is 14.4 Å². The SMILES string of the molecule is COC(=O)C1OC(=O)N(C(=O)NCCCN2CCC(C)(C)CC2)C1c1ccccc1. The summed E-state index contributed by atoms with van der Waals surface area (Å²) in [4.78, 5) is 40.7. The van der Waals surface area contributed by atoms with Crippen molar-refractivity contribution in [2.75, 3.05) is 33.3 Å². The summed E-state index contributed by atoms with van der Waals surface area (Å²) < 4.78 is 9.94. The van der Waals surface area contributed by atoms with Crippen molar-refractivity contribution < 1.29 is 23.9 Å². The van der Waals surface area contributed by atoms with Crippen molar-refractivity contribution in [1.29, 1.82) is 0 Å². The number of rotatable bonds is 6. The quantitative estimate of drug-likeness (QED) is 0.566. The summed E-state index contributed by atoms with van der Waals surface area (Å²) in [5.74, 6) is -0.694. The van der Waals surface area contributed by atoms with Crippen LogP contribution in [0, 0.1) is 5.41 Å². The van der Waals surface area contributed by atoms with E-state index in [0.29, 0.717) is 17.5 Å². The van der Waals surface area contributed by atoms with E-state index in [4.69, 9.17) is 9.47 Å². The van der Waals surface area contributed by atoms with Crippen LogP contribution in [-0.2, 0) is 14.3 Å². The third kappa shape index (κ3) is 5.11. The van der Waals surface area contributed by atoms with Crippen LogP contribution in [0.3, 0.4) is 0 Å². The summed E-state index contributed by atoms with van der Waals surface area (Å²) in [5, 5.41) is 2.80. The third-order valence-corrected chi connectivity index (χ3v) is 5.92. The Morgan fingerprint density at radius 2 is 1.87 bits per heavy atom. The molecule has 164 valence electrons. The lowest BCUT2D eigenvalue weighted by atomic mass is 9.83. The van der Waals surface area contributed by atoms with Crippen LogP contribution in [-0.4, -0.2) is 67.3 Å². The average Bonchev–Trinajstić information content (AvgIpc) is 3.09. The first kappa shape index (κ1) is 22.1. The molecule has 2 aliphatic heterocycles. The number of nitrogens with zero attached hydrogens (tertiary/aromatic N) is 2. The molecule has 0 aliphatic carbocycles. The zero-order valence-corrected chi connectivity index (χ0v) is 17.9. The molecule has 0 saturated carbocycles. The van der Waals surface area contributed by atoms with Gasteiger partial charge in [-0.05, 0) is 49.9 Å². The number of hydrogen-bond donors (Lipinski definition) is 1. The van der Waals surface area contributed by atoms with Crippen LogP contribution >= 0.6 is 0 Å². The molecule has 0 spiro atoms. The van der Waals surface area contributed by atoms with Crippen LogP contribution < -0.4 is 5.32 Å². The second-order valence-corrected chi connectivity index (χ2v) is 8.64. The van der Waals surface area contributed by atoms with Crippen LogP contribution in [0.5, 0.6) is 0 Å². The summed E-state index contributed by atoms with van der Waals surface area (Å²) in [6.07, 6.45) is 1.09. The number of hydrogen-bond acceptors (Lipinski definition) is 6. The molecule has 2 fully saturated rings. The Balaban J connectivity index is 1.58. The summed E-state index contributed by atoms with van der Waals surface area (Å²) in [6, 6.07) is 7.45. The number of carbonyl (C=O) groups excluding carboxylic acids is 3. The van der Waals surface area contributed by atoms with Crippen molar-refractivity contribution in [2.24, 2.45) is 5.41 Å². The minimum atomic E-state index is -1.19. The minimum absolute atomic E-state index is 0.406. The first-order chi connectivity index (χ1) is 14.3. The maximum Gasteiger partial charge on any atom is 0.419 e. The number of esters is 1. The fourth-order valence-corrected chi connectivity index (χ4v) is 3.92. The molecule has 2 unspecified atom stereocenters. The number of piperidine rings is 1. The maximum absolute atomic E-state index is 12.8. The lowest BCUT2D eigenvalue weighted by molar-refractivity contribution is -0.149. The molecule has 3 rings (SSSR count). The Morgan fingerprint density at radius 3 is 2.50 bits per heavy atom. The lowest BCUT2D eigenvalue weighted by Gasteiger charge is -2.36. The Labute approximate surface area is 177 Å². The molecule has 0 bridgehead atoms. The number of urea groups is 1. The van der Waals surface area contributed by atoms with Crippen LogP contribution in [0.4, 0.5) is 9.59 Å². The fourth-order valence-electron chi connectivity index (χ4n) is 3.92. The molecule has 1 aromatic rings. The monoisotopic (exact) mass is 417 g/mol. The highest BCUT2D eigenvalue weighted by atomic mass is 16.6. The Hall–Kier alpha value is -2.61. The standard InChI is InChI=1S/C22H31N3O5/c1-22(2)10-14-24(15-11-22)13-7-12-23-20(27)25-17(16-8-5-4-6-9-16)18(19(26)29-3)30-21(25)28/h4-6,8-9,17-18H,7,10-15H2,1-3H3,(H,23,27). The van der Waals surface area contributed by atoms with Crippen molar-refractivity contribution in [2.45, 2.75) is 45.3 Å². The number of amides is 3. The average molecular weight is 418 g/mol.